The van der Waals surface area contributed by atoms with Crippen molar-refractivity contribution in [1.82, 2.24) is 9.88 Å². The highest BCUT2D eigenvalue weighted by molar-refractivity contribution is 7.22. The second-order valence-corrected chi connectivity index (χ2v) is 7.52. The molecule has 8 heteroatoms. The van der Waals surface area contributed by atoms with E-state index >= 15 is 0 Å². The van der Waals surface area contributed by atoms with Gasteiger partial charge in [-0.25, -0.2) is 4.98 Å². The van der Waals surface area contributed by atoms with E-state index in [1.807, 2.05) is 37.2 Å². The van der Waals surface area contributed by atoms with Crippen LogP contribution < -0.4 is 9.64 Å². The molecule has 0 N–H and O–H groups in total. The minimum atomic E-state index is -0.0958. The number of methoxy groups -OCH3 is 1. The van der Waals surface area contributed by atoms with Gasteiger partial charge in [-0.2, -0.15) is 0 Å². The molecule has 0 spiro atoms. The average molecular weight is 426 g/mol. The lowest BCUT2D eigenvalue weighted by Crippen LogP contribution is -2.36. The molecule has 0 atom stereocenters. The fourth-order valence-electron chi connectivity index (χ4n) is 2.52. The first-order chi connectivity index (χ1) is 12.5. The second-order valence-electron chi connectivity index (χ2n) is 6.07. The van der Waals surface area contributed by atoms with Gasteiger partial charge in [0.15, 0.2) is 5.13 Å². The molecule has 0 aliphatic rings. The lowest BCUT2D eigenvalue weighted by atomic mass is 10.2. The number of likely N-dealkylation sites (N-methyl/N-ethyl adjacent to an activating group) is 1. The van der Waals surface area contributed by atoms with Crippen molar-refractivity contribution in [3.05, 3.63) is 53.1 Å². The minimum absolute atomic E-state index is 0. The Morgan fingerprint density at radius 3 is 2.48 bits per heavy atom. The summed E-state index contributed by atoms with van der Waals surface area (Å²) in [7, 11) is 5.58. The molecule has 1 aromatic heterocycles. The van der Waals surface area contributed by atoms with Crippen LogP contribution in [0.1, 0.15) is 10.4 Å². The number of benzene rings is 2. The minimum Gasteiger partial charge on any atom is -0.494 e. The number of thiazole rings is 1. The zero-order chi connectivity index (χ0) is 18.7. The quantitative estimate of drug-likeness (QED) is 0.579. The van der Waals surface area contributed by atoms with Gasteiger partial charge < -0.3 is 9.64 Å². The largest absolute Gasteiger partial charge is 0.494 e. The van der Waals surface area contributed by atoms with Crippen LogP contribution in [0.3, 0.4) is 0 Å². The maximum atomic E-state index is 13.1. The van der Waals surface area contributed by atoms with E-state index in [2.05, 4.69) is 4.98 Å². The monoisotopic (exact) mass is 425 g/mol. The molecule has 5 nitrogen and oxygen atoms in total. The van der Waals surface area contributed by atoms with Crippen LogP contribution in [-0.4, -0.2) is 50.1 Å². The summed E-state index contributed by atoms with van der Waals surface area (Å²) in [4.78, 5) is 21.5. The number of hydrogen-bond donors (Lipinski definition) is 0. The second kappa shape index (κ2) is 9.37. The number of ether oxygens (including phenoxy) is 1. The first-order valence-electron chi connectivity index (χ1n) is 8.15. The van der Waals surface area contributed by atoms with Crippen LogP contribution >= 0.6 is 35.3 Å². The molecular formula is C19H21Cl2N3O2S. The number of amides is 1. The molecule has 0 aliphatic carbocycles. The van der Waals surface area contributed by atoms with Crippen LogP contribution in [-0.2, 0) is 0 Å². The topological polar surface area (TPSA) is 45.7 Å². The van der Waals surface area contributed by atoms with Gasteiger partial charge in [-0.3, -0.25) is 9.69 Å². The third-order valence-corrected chi connectivity index (χ3v) is 5.22. The molecule has 3 aromatic rings. The molecule has 1 amide bonds. The fraction of sp³-hybridized carbons (Fsp3) is 0.263. The van der Waals surface area contributed by atoms with Crippen molar-refractivity contribution >= 4 is 56.6 Å². The number of para-hydroxylation sites is 1. The summed E-state index contributed by atoms with van der Waals surface area (Å²) >= 11 is 7.43. The molecule has 0 unspecified atom stereocenters. The van der Waals surface area contributed by atoms with Crippen molar-refractivity contribution in [1.29, 1.82) is 0 Å². The van der Waals surface area contributed by atoms with E-state index in [0.717, 1.165) is 16.8 Å². The zero-order valence-corrected chi connectivity index (χ0v) is 17.7. The van der Waals surface area contributed by atoms with Gasteiger partial charge in [0, 0.05) is 23.7 Å². The number of fused-ring (bicyclic) bond motifs is 1. The van der Waals surface area contributed by atoms with Crippen molar-refractivity contribution in [3.63, 3.8) is 0 Å². The van der Waals surface area contributed by atoms with Crippen molar-refractivity contribution in [3.8, 4) is 5.75 Å². The summed E-state index contributed by atoms with van der Waals surface area (Å²) in [5.74, 6) is 0.609. The maximum Gasteiger partial charge on any atom is 0.260 e. The molecular weight excluding hydrogens is 405 g/mol. The molecule has 3 rings (SSSR count). The van der Waals surface area contributed by atoms with Crippen molar-refractivity contribution < 1.29 is 9.53 Å². The lowest BCUT2D eigenvalue weighted by Gasteiger charge is -2.22. The summed E-state index contributed by atoms with van der Waals surface area (Å²) in [5.41, 5.74) is 1.35. The Balaban J connectivity index is 0.00000261. The predicted molar refractivity (Wildman–Crippen MR) is 115 cm³/mol. The summed E-state index contributed by atoms with van der Waals surface area (Å²) < 4.78 is 6.38. The first-order valence-corrected chi connectivity index (χ1v) is 9.34. The van der Waals surface area contributed by atoms with Gasteiger partial charge in [0.05, 0.1) is 11.8 Å². The third-order valence-electron chi connectivity index (χ3n) is 3.93. The Bertz CT molecular complexity index is 913. The SMILES string of the molecule is COc1cccc2sc(N(CCN(C)C)C(=O)c3ccc(Cl)cc3)nc12.Cl. The van der Waals surface area contributed by atoms with E-state index in [1.54, 1.807) is 36.3 Å². The highest BCUT2D eigenvalue weighted by Gasteiger charge is 2.22. The van der Waals surface area contributed by atoms with Gasteiger partial charge >= 0.3 is 0 Å². The molecule has 0 saturated carbocycles. The van der Waals surface area contributed by atoms with Crippen molar-refractivity contribution in [2.24, 2.45) is 0 Å². The number of carbonyl (C=O) groups excluding carboxylic acids is 1. The summed E-state index contributed by atoms with van der Waals surface area (Å²) in [6, 6.07) is 12.7. The van der Waals surface area contributed by atoms with Crippen LogP contribution in [0.4, 0.5) is 5.13 Å². The van der Waals surface area contributed by atoms with Crippen LogP contribution in [0.15, 0.2) is 42.5 Å². The Morgan fingerprint density at radius 1 is 1.15 bits per heavy atom. The summed E-state index contributed by atoms with van der Waals surface area (Å²) in [5, 5.41) is 1.26. The number of hydrogen-bond acceptors (Lipinski definition) is 5. The maximum absolute atomic E-state index is 13.1. The van der Waals surface area contributed by atoms with Gasteiger partial charge in [-0.1, -0.05) is 29.0 Å². The molecule has 2 aromatic carbocycles. The molecule has 27 heavy (non-hydrogen) atoms. The third kappa shape index (κ3) is 4.90. The number of carbonyl (C=O) groups is 1. The number of anilines is 1. The van der Waals surface area contributed by atoms with Gasteiger partial charge in [-0.15, -0.1) is 12.4 Å². The van der Waals surface area contributed by atoms with Crippen LogP contribution in [0, 0.1) is 0 Å². The van der Waals surface area contributed by atoms with Gasteiger partial charge in [0.25, 0.3) is 5.91 Å². The van der Waals surface area contributed by atoms with Gasteiger partial charge in [0.2, 0.25) is 0 Å². The highest BCUT2D eigenvalue weighted by atomic mass is 35.5. The molecule has 1 heterocycles. The molecule has 0 aliphatic heterocycles. The summed E-state index contributed by atoms with van der Waals surface area (Å²) in [6.45, 7) is 1.27. The number of halogens is 2. The number of rotatable bonds is 6. The van der Waals surface area contributed by atoms with E-state index in [-0.39, 0.29) is 18.3 Å². The van der Waals surface area contributed by atoms with Gasteiger partial charge in [0.1, 0.15) is 11.3 Å². The lowest BCUT2D eigenvalue weighted by molar-refractivity contribution is 0.0985. The van der Waals surface area contributed by atoms with E-state index in [9.17, 15) is 4.79 Å². The Morgan fingerprint density at radius 2 is 1.85 bits per heavy atom. The molecule has 0 bridgehead atoms. The average Bonchev–Trinajstić information content (AvgIpc) is 3.05. The first kappa shape index (κ1) is 21.4. The van der Waals surface area contributed by atoms with Crippen LogP contribution in [0.25, 0.3) is 10.2 Å². The van der Waals surface area contributed by atoms with E-state index in [0.29, 0.717) is 28.0 Å². The molecule has 0 fully saturated rings. The normalized spacial score (nSPS) is 10.7. The zero-order valence-electron chi connectivity index (χ0n) is 15.3. The number of aromatic nitrogens is 1. The fourth-order valence-corrected chi connectivity index (χ4v) is 3.66. The highest BCUT2D eigenvalue weighted by Crippen LogP contribution is 2.34. The van der Waals surface area contributed by atoms with Crippen molar-refractivity contribution in [2.75, 3.05) is 39.2 Å². The molecule has 0 radical (unpaired) electrons. The smallest absolute Gasteiger partial charge is 0.260 e. The molecule has 0 saturated heterocycles. The molecule has 144 valence electrons. The van der Waals surface area contributed by atoms with E-state index in [1.165, 1.54) is 11.3 Å². The van der Waals surface area contributed by atoms with Crippen LogP contribution in [0.5, 0.6) is 5.75 Å². The Labute approximate surface area is 173 Å². The van der Waals surface area contributed by atoms with E-state index in [4.69, 9.17) is 16.3 Å². The Hall–Kier alpha value is -1.86. The standard InChI is InChI=1S/C19H20ClN3O2S.ClH/c1-22(2)11-12-23(18(24)13-7-9-14(20)10-8-13)19-21-17-15(25-3)5-4-6-16(17)26-19;/h4-10H,11-12H2,1-3H3;1H. The van der Waals surface area contributed by atoms with Crippen molar-refractivity contribution in [2.45, 2.75) is 0 Å². The summed E-state index contributed by atoms with van der Waals surface area (Å²) in [6.07, 6.45) is 0. The van der Waals surface area contributed by atoms with Gasteiger partial charge in [-0.05, 0) is 50.5 Å². The Kier molecular flexibility index (Phi) is 7.44. The van der Waals surface area contributed by atoms with Crippen LogP contribution in [0.2, 0.25) is 5.02 Å². The number of nitrogens with zero attached hydrogens (tertiary/aromatic N) is 3. The van der Waals surface area contributed by atoms with E-state index < -0.39 is 0 Å². The predicted octanol–water partition coefficient (Wildman–Crippen LogP) is 4.59.